The first-order valence-corrected chi connectivity index (χ1v) is 9.60. The number of piperazine rings is 1. The van der Waals surface area contributed by atoms with Crippen LogP contribution in [-0.4, -0.2) is 53.0 Å². The van der Waals surface area contributed by atoms with Gasteiger partial charge in [0.1, 0.15) is 0 Å². The Bertz CT molecular complexity index is 886. The first kappa shape index (κ1) is 19.7. The fourth-order valence-electron chi connectivity index (χ4n) is 3.54. The Balaban J connectivity index is 1.65. The molecule has 0 atom stereocenters. The van der Waals surface area contributed by atoms with Crippen LogP contribution in [0.15, 0.2) is 36.4 Å². The molecule has 1 aliphatic heterocycles. The highest BCUT2D eigenvalue weighted by molar-refractivity contribution is 5.97. The van der Waals surface area contributed by atoms with Crippen LogP contribution in [-0.2, 0) is 0 Å². The topological polar surface area (TPSA) is 81.1 Å². The van der Waals surface area contributed by atoms with E-state index in [1.807, 2.05) is 32.0 Å². The smallest absolute Gasteiger partial charge is 0.254 e. The summed E-state index contributed by atoms with van der Waals surface area (Å²) in [5.41, 5.74) is 3.26. The van der Waals surface area contributed by atoms with Gasteiger partial charge in [-0.25, -0.2) is 0 Å². The van der Waals surface area contributed by atoms with Gasteiger partial charge in [0.05, 0.1) is 0 Å². The molecule has 0 radical (unpaired) electrons. The Kier molecular flexibility index (Phi) is 5.87. The van der Waals surface area contributed by atoms with Crippen molar-refractivity contribution >= 4 is 17.4 Å². The summed E-state index contributed by atoms with van der Waals surface area (Å²) in [5.74, 6) is -0.521. The van der Waals surface area contributed by atoms with Crippen LogP contribution in [0.1, 0.15) is 46.0 Å². The fraction of sp³-hybridized carbons (Fsp3) is 0.364. The summed E-state index contributed by atoms with van der Waals surface area (Å²) in [4.78, 5) is 28.7. The van der Waals surface area contributed by atoms with E-state index < -0.39 is 0 Å². The lowest BCUT2D eigenvalue weighted by atomic mass is 10.0. The number of rotatable bonds is 5. The van der Waals surface area contributed by atoms with Crippen molar-refractivity contribution in [3.63, 3.8) is 0 Å². The molecule has 2 N–H and O–H groups in total. The van der Waals surface area contributed by atoms with Gasteiger partial charge >= 0.3 is 0 Å². The van der Waals surface area contributed by atoms with Crippen molar-refractivity contribution in [3.8, 4) is 11.5 Å². The highest BCUT2D eigenvalue weighted by Crippen LogP contribution is 2.27. The van der Waals surface area contributed by atoms with E-state index in [2.05, 4.69) is 4.90 Å². The Morgan fingerprint density at radius 1 is 0.929 bits per heavy atom. The summed E-state index contributed by atoms with van der Waals surface area (Å²) in [6, 6.07) is 9.96. The highest BCUT2D eigenvalue weighted by atomic mass is 16.3. The molecule has 1 amide bonds. The Labute approximate surface area is 165 Å². The number of hydrogen-bond donors (Lipinski definition) is 2. The standard InChI is InChI=1S/C22H26N2O4/c1-3-4-19(25)16-5-7-18(15(2)13-16)23-9-11-24(12-10-23)22(28)17-6-8-20(26)21(27)14-17/h5-8,13-14,26-27H,3-4,9-12H2,1-2H3. The van der Waals surface area contributed by atoms with E-state index in [9.17, 15) is 19.8 Å². The monoisotopic (exact) mass is 382 g/mol. The van der Waals surface area contributed by atoms with Crippen LogP contribution in [0.2, 0.25) is 0 Å². The zero-order chi connectivity index (χ0) is 20.3. The third-order valence-corrected chi connectivity index (χ3v) is 5.13. The van der Waals surface area contributed by atoms with Crippen molar-refractivity contribution < 1.29 is 19.8 Å². The summed E-state index contributed by atoms with van der Waals surface area (Å²) in [5, 5.41) is 19.0. The molecule has 6 nitrogen and oxygen atoms in total. The van der Waals surface area contributed by atoms with Crippen molar-refractivity contribution in [2.24, 2.45) is 0 Å². The average molecular weight is 382 g/mol. The minimum atomic E-state index is -0.294. The summed E-state index contributed by atoms with van der Waals surface area (Å²) in [6.07, 6.45) is 1.40. The van der Waals surface area contributed by atoms with Crippen LogP contribution >= 0.6 is 0 Å². The molecule has 28 heavy (non-hydrogen) atoms. The van der Waals surface area contributed by atoms with Crippen LogP contribution in [0.3, 0.4) is 0 Å². The second kappa shape index (κ2) is 8.33. The number of ketones is 1. The number of nitrogens with zero attached hydrogens (tertiary/aromatic N) is 2. The summed E-state index contributed by atoms with van der Waals surface area (Å²) in [7, 11) is 0. The van der Waals surface area contributed by atoms with E-state index in [0.717, 1.165) is 23.2 Å². The Morgan fingerprint density at radius 2 is 1.61 bits per heavy atom. The van der Waals surface area contributed by atoms with Crippen LogP contribution in [0, 0.1) is 6.92 Å². The molecular weight excluding hydrogens is 356 g/mol. The molecule has 148 valence electrons. The van der Waals surface area contributed by atoms with E-state index in [1.165, 1.54) is 18.2 Å². The maximum absolute atomic E-state index is 12.6. The molecule has 0 bridgehead atoms. The fourth-order valence-corrected chi connectivity index (χ4v) is 3.54. The van der Waals surface area contributed by atoms with E-state index in [1.54, 1.807) is 4.90 Å². The molecular formula is C22H26N2O4. The lowest BCUT2D eigenvalue weighted by molar-refractivity contribution is 0.0746. The third-order valence-electron chi connectivity index (χ3n) is 5.13. The zero-order valence-electron chi connectivity index (χ0n) is 16.3. The quantitative estimate of drug-likeness (QED) is 0.612. The number of phenolic OH excluding ortho intramolecular Hbond substituents is 2. The average Bonchev–Trinajstić information content (AvgIpc) is 2.70. The normalized spacial score (nSPS) is 14.2. The van der Waals surface area contributed by atoms with Gasteiger partial charge in [0.15, 0.2) is 17.3 Å². The van der Waals surface area contributed by atoms with Gasteiger partial charge in [-0.3, -0.25) is 9.59 Å². The first-order chi connectivity index (χ1) is 13.4. The largest absolute Gasteiger partial charge is 0.504 e. The van der Waals surface area contributed by atoms with Gasteiger partial charge in [0.2, 0.25) is 0 Å². The molecule has 1 aliphatic rings. The van der Waals surface area contributed by atoms with Crippen molar-refractivity contribution in [2.45, 2.75) is 26.7 Å². The molecule has 0 aliphatic carbocycles. The van der Waals surface area contributed by atoms with E-state index in [0.29, 0.717) is 38.2 Å². The molecule has 0 unspecified atom stereocenters. The minimum absolute atomic E-state index is 0.160. The number of hydrogen-bond acceptors (Lipinski definition) is 5. The molecule has 2 aromatic carbocycles. The zero-order valence-corrected chi connectivity index (χ0v) is 16.3. The number of aromatic hydroxyl groups is 2. The van der Waals surface area contributed by atoms with E-state index in [-0.39, 0.29) is 23.2 Å². The van der Waals surface area contributed by atoms with Crippen molar-refractivity contribution in [1.82, 2.24) is 4.90 Å². The number of carbonyl (C=O) groups is 2. The van der Waals surface area contributed by atoms with Gasteiger partial charge in [0.25, 0.3) is 5.91 Å². The summed E-state index contributed by atoms with van der Waals surface area (Å²) >= 11 is 0. The van der Waals surface area contributed by atoms with Gasteiger partial charge in [-0.1, -0.05) is 6.92 Å². The molecule has 0 saturated carbocycles. The van der Waals surface area contributed by atoms with Crippen molar-refractivity contribution in [2.75, 3.05) is 31.1 Å². The number of Topliss-reactive ketones (excluding diaryl/α,β-unsaturated/α-hetero) is 1. The van der Waals surface area contributed by atoms with Gasteiger partial charge in [-0.15, -0.1) is 0 Å². The molecule has 1 heterocycles. The minimum Gasteiger partial charge on any atom is -0.504 e. The maximum Gasteiger partial charge on any atom is 0.254 e. The van der Waals surface area contributed by atoms with Gasteiger partial charge in [-0.05, 0) is 55.3 Å². The number of carbonyl (C=O) groups excluding carboxylic acids is 2. The van der Waals surface area contributed by atoms with Crippen LogP contribution in [0.5, 0.6) is 11.5 Å². The van der Waals surface area contributed by atoms with E-state index in [4.69, 9.17) is 0 Å². The molecule has 6 heteroatoms. The number of anilines is 1. The van der Waals surface area contributed by atoms with Crippen molar-refractivity contribution in [1.29, 1.82) is 0 Å². The van der Waals surface area contributed by atoms with Crippen LogP contribution < -0.4 is 4.90 Å². The summed E-state index contributed by atoms with van der Waals surface area (Å²) in [6.45, 7) is 6.53. The lowest BCUT2D eigenvalue weighted by Crippen LogP contribution is -2.49. The summed E-state index contributed by atoms with van der Waals surface area (Å²) < 4.78 is 0. The number of benzene rings is 2. The molecule has 1 fully saturated rings. The van der Waals surface area contributed by atoms with Gasteiger partial charge in [0, 0.05) is 49.4 Å². The Morgan fingerprint density at radius 3 is 2.21 bits per heavy atom. The second-order valence-corrected chi connectivity index (χ2v) is 7.16. The second-order valence-electron chi connectivity index (χ2n) is 7.16. The molecule has 0 aromatic heterocycles. The molecule has 1 saturated heterocycles. The van der Waals surface area contributed by atoms with Crippen molar-refractivity contribution in [3.05, 3.63) is 53.1 Å². The number of phenols is 2. The third kappa shape index (κ3) is 4.11. The van der Waals surface area contributed by atoms with Gasteiger partial charge in [-0.2, -0.15) is 0 Å². The molecule has 3 rings (SSSR count). The number of amides is 1. The lowest BCUT2D eigenvalue weighted by Gasteiger charge is -2.37. The molecule has 2 aromatic rings. The van der Waals surface area contributed by atoms with E-state index >= 15 is 0 Å². The maximum atomic E-state index is 12.6. The predicted octanol–water partition coefficient (Wildman–Crippen LogP) is 3.35. The SMILES string of the molecule is CCCC(=O)c1ccc(N2CCN(C(=O)c3ccc(O)c(O)c3)CC2)c(C)c1. The van der Waals surface area contributed by atoms with Gasteiger partial charge < -0.3 is 20.0 Å². The first-order valence-electron chi connectivity index (χ1n) is 9.60. The number of aryl methyl sites for hydroxylation is 1. The van der Waals surface area contributed by atoms with Crippen LogP contribution in [0.25, 0.3) is 0 Å². The van der Waals surface area contributed by atoms with Crippen LogP contribution in [0.4, 0.5) is 5.69 Å². The molecule has 0 spiro atoms. The Hall–Kier alpha value is -3.02. The predicted molar refractivity (Wildman–Crippen MR) is 108 cm³/mol. The highest BCUT2D eigenvalue weighted by Gasteiger charge is 2.24.